The van der Waals surface area contributed by atoms with Crippen molar-refractivity contribution in [1.29, 1.82) is 0 Å². The van der Waals surface area contributed by atoms with E-state index >= 15 is 0 Å². The molecule has 0 aliphatic heterocycles. The molecule has 38 heavy (non-hydrogen) atoms. The van der Waals surface area contributed by atoms with E-state index in [9.17, 15) is 21.6 Å². The maximum absolute atomic E-state index is 13.3. The van der Waals surface area contributed by atoms with E-state index in [1.54, 1.807) is 36.3 Å². The maximum Gasteiger partial charge on any atom is 0.404 e. The van der Waals surface area contributed by atoms with E-state index in [1.807, 2.05) is 13.6 Å². The van der Waals surface area contributed by atoms with Crippen molar-refractivity contribution >= 4 is 31.2 Å². The summed E-state index contributed by atoms with van der Waals surface area (Å²) in [6, 6.07) is 6.32. The van der Waals surface area contributed by atoms with Crippen molar-refractivity contribution in [3.05, 3.63) is 29.8 Å². The predicted molar refractivity (Wildman–Crippen MR) is 156 cm³/mol. The number of hydrogen-bond donors (Lipinski definition) is 2. The highest BCUT2D eigenvalue weighted by atomic mass is 32.2. The lowest BCUT2D eigenvalue weighted by Crippen LogP contribution is -2.49. The molecule has 0 aliphatic carbocycles. The van der Waals surface area contributed by atoms with Gasteiger partial charge in [-0.05, 0) is 63.5 Å². The Labute approximate surface area is 235 Å². The van der Waals surface area contributed by atoms with Crippen LogP contribution in [0.4, 0.5) is 13.2 Å². The van der Waals surface area contributed by atoms with Crippen LogP contribution in [0, 0.1) is 0 Å². The maximum atomic E-state index is 13.3. The summed E-state index contributed by atoms with van der Waals surface area (Å²) >= 11 is 4.56. The molecular formula is C25H46F3N4O3PS2. The smallest absolute Gasteiger partial charge is 0.404 e. The molecule has 1 aromatic rings. The Hall–Kier alpha value is -0.620. The summed E-state index contributed by atoms with van der Waals surface area (Å²) in [5.41, 5.74) is 3.64. The number of rotatable bonds is 20. The fourth-order valence-corrected chi connectivity index (χ4v) is 7.18. The number of nitrogens with zero attached hydrogens (tertiary/aromatic N) is 3. The van der Waals surface area contributed by atoms with Gasteiger partial charge in [-0.15, -0.1) is 8.58 Å². The molecule has 1 rings (SSSR count). The fraction of sp³-hybridized carbons (Fsp3) is 0.760. The molecule has 3 unspecified atom stereocenters. The summed E-state index contributed by atoms with van der Waals surface area (Å²) in [6.07, 6.45) is -1.93. The molecule has 1 N–H and O–H groups in total. The molecule has 7 nitrogen and oxygen atoms in total. The molecule has 3 atom stereocenters. The normalized spacial score (nSPS) is 14.7. The lowest BCUT2D eigenvalue weighted by molar-refractivity contribution is -0.107. The molecule has 13 heteroatoms. The number of thiol groups is 1. The van der Waals surface area contributed by atoms with Gasteiger partial charge < -0.3 is 9.64 Å². The van der Waals surface area contributed by atoms with Crippen LogP contribution in [-0.4, -0.2) is 99.1 Å². The van der Waals surface area contributed by atoms with Gasteiger partial charge in [0.2, 0.25) is 10.0 Å². The van der Waals surface area contributed by atoms with Gasteiger partial charge in [0.15, 0.2) is 5.75 Å². The van der Waals surface area contributed by atoms with Crippen LogP contribution in [0.5, 0.6) is 5.75 Å². The average Bonchev–Trinajstić information content (AvgIpc) is 2.85. The lowest BCUT2D eigenvalue weighted by atomic mass is 10.1. The monoisotopic (exact) mass is 602 g/mol. The molecule has 0 amide bonds. The first-order valence-electron chi connectivity index (χ1n) is 13.2. The number of nitrogens with one attached hydrogen (secondary N) is 1. The number of sulfonamides is 1. The van der Waals surface area contributed by atoms with Crippen molar-refractivity contribution in [1.82, 2.24) is 19.6 Å². The van der Waals surface area contributed by atoms with Crippen LogP contribution in [0.1, 0.15) is 51.6 Å². The topological polar surface area (TPSA) is 65.1 Å². The molecule has 0 bridgehead atoms. The molecule has 1 aromatic carbocycles. The Bertz CT molecular complexity index is 876. The van der Waals surface area contributed by atoms with Gasteiger partial charge in [-0.25, -0.2) is 13.4 Å². The Balaban J connectivity index is 3.14. The Morgan fingerprint density at radius 1 is 1.08 bits per heavy atom. The minimum atomic E-state index is -4.84. The van der Waals surface area contributed by atoms with Crippen LogP contribution in [0.2, 0.25) is 0 Å². The second-order valence-corrected chi connectivity index (χ2v) is 12.7. The SMILES string of the molecule is CCCC(S)N(CCN(C(CPC)c1ccc(OCCCN(CC)CC)cc1)S(=O)(=O)CC(F)(F)F)NC. The summed E-state index contributed by atoms with van der Waals surface area (Å²) in [4.78, 5) is 2.31. The van der Waals surface area contributed by atoms with Crippen LogP contribution >= 0.6 is 21.2 Å². The van der Waals surface area contributed by atoms with E-state index in [4.69, 9.17) is 4.74 Å². The molecule has 0 fully saturated rings. The van der Waals surface area contributed by atoms with E-state index in [0.29, 0.717) is 32.7 Å². The second-order valence-electron chi connectivity index (χ2n) is 9.04. The summed E-state index contributed by atoms with van der Waals surface area (Å²) in [5, 5.41) is 1.56. The highest BCUT2D eigenvalue weighted by molar-refractivity contribution is 7.89. The molecule has 0 saturated heterocycles. The van der Waals surface area contributed by atoms with Gasteiger partial charge in [0.05, 0.1) is 18.0 Å². The van der Waals surface area contributed by atoms with Crippen LogP contribution < -0.4 is 10.2 Å². The Morgan fingerprint density at radius 2 is 1.71 bits per heavy atom. The van der Waals surface area contributed by atoms with Gasteiger partial charge in [0.25, 0.3) is 0 Å². The number of alkyl halides is 3. The second kappa shape index (κ2) is 17.9. The minimum Gasteiger partial charge on any atom is -0.494 e. The Kier molecular flexibility index (Phi) is 16.7. The fourth-order valence-electron chi connectivity index (χ4n) is 4.19. The van der Waals surface area contributed by atoms with Crippen molar-refractivity contribution in [2.24, 2.45) is 0 Å². The number of hydrogen-bond acceptors (Lipinski definition) is 7. The average molecular weight is 603 g/mol. The van der Waals surface area contributed by atoms with Crippen molar-refractivity contribution < 1.29 is 26.3 Å². The lowest BCUT2D eigenvalue weighted by Gasteiger charge is -2.34. The number of halogens is 3. The predicted octanol–water partition coefficient (Wildman–Crippen LogP) is 4.83. The van der Waals surface area contributed by atoms with Crippen molar-refractivity contribution in [3.8, 4) is 5.75 Å². The highest BCUT2D eigenvalue weighted by Gasteiger charge is 2.41. The molecule has 0 saturated carbocycles. The van der Waals surface area contributed by atoms with Gasteiger partial charge in [0, 0.05) is 19.6 Å². The first-order valence-corrected chi connectivity index (χ1v) is 17.0. The van der Waals surface area contributed by atoms with Gasteiger partial charge in [0.1, 0.15) is 5.75 Å². The van der Waals surface area contributed by atoms with Crippen molar-refractivity contribution in [2.45, 2.75) is 57.6 Å². The molecule has 0 aliphatic rings. The zero-order valence-electron chi connectivity index (χ0n) is 23.3. The molecule has 0 radical (unpaired) electrons. The van der Waals surface area contributed by atoms with Gasteiger partial charge >= 0.3 is 6.18 Å². The molecule has 222 valence electrons. The summed E-state index contributed by atoms with van der Waals surface area (Å²) in [7, 11) is -2.60. The third-order valence-electron chi connectivity index (χ3n) is 6.25. The summed E-state index contributed by atoms with van der Waals surface area (Å²) < 4.78 is 73.0. The molecular weight excluding hydrogens is 556 g/mol. The summed E-state index contributed by atoms with van der Waals surface area (Å²) in [6.45, 7) is 11.7. The molecule has 0 spiro atoms. The van der Waals surface area contributed by atoms with Crippen molar-refractivity contribution in [2.75, 3.05) is 65.0 Å². The van der Waals surface area contributed by atoms with E-state index in [-0.39, 0.29) is 18.5 Å². The first-order chi connectivity index (χ1) is 17.9. The van der Waals surface area contributed by atoms with Gasteiger partial charge in [-0.2, -0.15) is 30.1 Å². The third kappa shape index (κ3) is 12.7. The molecule has 0 heterocycles. The van der Waals surface area contributed by atoms with Crippen LogP contribution in [0.3, 0.4) is 0 Å². The minimum absolute atomic E-state index is 0.0984. The third-order valence-corrected chi connectivity index (χ3v) is 9.43. The van der Waals surface area contributed by atoms with E-state index in [1.165, 1.54) is 0 Å². The quantitative estimate of drug-likeness (QED) is 0.0733. The number of benzene rings is 1. The van der Waals surface area contributed by atoms with Crippen LogP contribution in [0.15, 0.2) is 24.3 Å². The van der Waals surface area contributed by atoms with Crippen molar-refractivity contribution in [3.63, 3.8) is 0 Å². The number of ether oxygens (including phenoxy) is 1. The van der Waals surface area contributed by atoms with E-state index in [0.717, 1.165) is 43.2 Å². The standard InChI is InChI=1S/C25H46F3N4O3PS2/c1-6-10-24(37)31(29-4)16-17-32(38(33,34)20-25(26,27)28)23(19-36-5)21-11-13-22(14-12-21)35-18-9-15-30(7-2)8-3/h11-14,23-24,29,36-37H,6-10,15-20H2,1-5H3. The Morgan fingerprint density at radius 3 is 2.21 bits per heavy atom. The van der Waals surface area contributed by atoms with Gasteiger partial charge in [-0.3, -0.25) is 5.43 Å². The highest BCUT2D eigenvalue weighted by Crippen LogP contribution is 2.32. The van der Waals surface area contributed by atoms with Gasteiger partial charge in [-0.1, -0.05) is 39.3 Å². The largest absolute Gasteiger partial charge is 0.494 e. The molecule has 0 aromatic heterocycles. The number of hydrazine groups is 1. The van der Waals surface area contributed by atoms with Crippen LogP contribution in [-0.2, 0) is 10.0 Å². The zero-order chi connectivity index (χ0) is 28.8. The van der Waals surface area contributed by atoms with E-state index < -0.39 is 28.0 Å². The van der Waals surface area contributed by atoms with Crippen LogP contribution in [0.25, 0.3) is 0 Å². The first kappa shape index (κ1) is 35.4. The zero-order valence-corrected chi connectivity index (χ0v) is 26.0. The summed E-state index contributed by atoms with van der Waals surface area (Å²) in [5.74, 6) is -1.25. The van der Waals surface area contributed by atoms with E-state index in [2.05, 4.69) is 36.8 Å².